The van der Waals surface area contributed by atoms with Crippen molar-refractivity contribution in [2.24, 2.45) is 0 Å². The maximum Gasteiger partial charge on any atom is 0.224 e. The molecule has 1 amide bonds. The van der Waals surface area contributed by atoms with Gasteiger partial charge in [-0.15, -0.1) is 0 Å². The molecule has 0 unspecified atom stereocenters. The molecular weight excluding hydrogens is 333 g/mol. The van der Waals surface area contributed by atoms with Crippen molar-refractivity contribution < 1.29 is 4.79 Å². The van der Waals surface area contributed by atoms with Crippen molar-refractivity contribution >= 4 is 35.2 Å². The van der Waals surface area contributed by atoms with Crippen LogP contribution in [0.25, 0.3) is 6.08 Å². The number of carbonyl (C=O) groups is 1. The van der Waals surface area contributed by atoms with Gasteiger partial charge in [-0.3, -0.25) is 4.79 Å². The average Bonchev–Trinajstić information content (AvgIpc) is 3.07. The van der Waals surface area contributed by atoms with Crippen molar-refractivity contribution in [3.8, 4) is 6.19 Å². The predicted molar refractivity (Wildman–Crippen MR) is 90.9 cm³/mol. The molecule has 1 aromatic rings. The van der Waals surface area contributed by atoms with Crippen LogP contribution in [-0.2, 0) is 4.79 Å². The molecule has 2 heterocycles. The number of carbonyl (C=O) groups excluding carboxylic acids is 1. The number of hydrogen-bond donors (Lipinski definition) is 1. The Morgan fingerprint density at radius 1 is 1.43 bits per heavy atom. The molecule has 2 bridgehead atoms. The highest BCUT2D eigenvalue weighted by Crippen LogP contribution is 2.36. The minimum Gasteiger partial charge on any atom is -0.351 e. The molecule has 2 aliphatic heterocycles. The van der Waals surface area contributed by atoms with E-state index in [9.17, 15) is 4.79 Å². The number of rotatable bonds is 4. The number of hydrogen-bond acceptors (Lipinski definition) is 3. The first-order valence-corrected chi connectivity index (χ1v) is 8.43. The zero-order valence-electron chi connectivity index (χ0n) is 12.5. The Bertz CT molecular complexity index is 683. The molecule has 120 valence electrons. The van der Waals surface area contributed by atoms with E-state index in [0.717, 1.165) is 24.8 Å². The highest BCUT2D eigenvalue weighted by Gasteiger charge is 2.46. The van der Waals surface area contributed by atoms with Crippen molar-refractivity contribution in [1.82, 2.24) is 10.2 Å². The Balaban J connectivity index is 1.54. The van der Waals surface area contributed by atoms with Gasteiger partial charge in [0.2, 0.25) is 5.91 Å². The maximum absolute atomic E-state index is 12.1. The van der Waals surface area contributed by atoms with E-state index < -0.39 is 0 Å². The highest BCUT2D eigenvalue weighted by molar-refractivity contribution is 6.34. The van der Waals surface area contributed by atoms with Crippen LogP contribution in [0.2, 0.25) is 10.0 Å². The molecule has 3 rings (SSSR count). The Labute approximate surface area is 145 Å². The monoisotopic (exact) mass is 349 g/mol. The Morgan fingerprint density at radius 2 is 2.26 bits per heavy atom. The number of nitriles is 1. The predicted octanol–water partition coefficient (Wildman–Crippen LogP) is 3.60. The summed E-state index contributed by atoms with van der Waals surface area (Å²) < 4.78 is 0. The zero-order chi connectivity index (χ0) is 16.4. The zero-order valence-corrected chi connectivity index (χ0v) is 14.0. The van der Waals surface area contributed by atoms with Crippen molar-refractivity contribution in [3.05, 3.63) is 39.9 Å². The van der Waals surface area contributed by atoms with E-state index in [4.69, 9.17) is 28.5 Å². The van der Waals surface area contributed by atoms with Crippen LogP contribution in [0.4, 0.5) is 0 Å². The summed E-state index contributed by atoms with van der Waals surface area (Å²) in [4.78, 5) is 13.9. The van der Waals surface area contributed by atoms with Gasteiger partial charge in [0.1, 0.15) is 0 Å². The summed E-state index contributed by atoms with van der Waals surface area (Å²) >= 11 is 12.0. The quantitative estimate of drug-likeness (QED) is 0.845. The van der Waals surface area contributed by atoms with E-state index in [2.05, 4.69) is 11.5 Å². The third-order valence-corrected chi connectivity index (χ3v) is 5.14. The lowest BCUT2D eigenvalue weighted by Crippen LogP contribution is -2.42. The lowest BCUT2D eigenvalue weighted by atomic mass is 9.95. The summed E-state index contributed by atoms with van der Waals surface area (Å²) in [5.74, 6) is -0.0326. The molecule has 1 N–H and O–H groups in total. The third-order valence-electron chi connectivity index (χ3n) is 4.56. The molecule has 6 heteroatoms. The number of nitrogens with one attached hydrogen (secondary N) is 1. The van der Waals surface area contributed by atoms with Gasteiger partial charge in [-0.1, -0.05) is 35.4 Å². The highest BCUT2D eigenvalue weighted by atomic mass is 35.5. The molecule has 23 heavy (non-hydrogen) atoms. The van der Waals surface area contributed by atoms with Crippen LogP contribution in [0.15, 0.2) is 24.3 Å². The molecule has 3 atom stereocenters. The molecule has 0 aromatic heterocycles. The second kappa shape index (κ2) is 6.82. The van der Waals surface area contributed by atoms with Gasteiger partial charge in [0, 0.05) is 22.5 Å². The second-order valence-electron chi connectivity index (χ2n) is 5.99. The summed E-state index contributed by atoms with van der Waals surface area (Å²) in [6, 6.07) is 5.78. The van der Waals surface area contributed by atoms with Crippen molar-refractivity contribution in [2.75, 3.05) is 0 Å². The number of halogens is 2. The molecule has 4 nitrogen and oxygen atoms in total. The fourth-order valence-electron chi connectivity index (χ4n) is 3.50. The summed E-state index contributed by atoms with van der Waals surface area (Å²) in [5.41, 5.74) is 0.794. The van der Waals surface area contributed by atoms with E-state index >= 15 is 0 Å². The first kappa shape index (κ1) is 16.2. The molecule has 0 spiro atoms. The molecule has 1 aromatic carbocycles. The second-order valence-corrected chi connectivity index (χ2v) is 6.83. The third kappa shape index (κ3) is 3.46. The standard InChI is InChI=1S/C17H17Cl2N3O/c18-12-4-6-14(19)11(8-12)2-1-3-17(23)21-15-9-13-5-7-16(15)22(13)10-20/h1-2,4,6,8,13,15-16H,3,5,7,9H2,(H,21,23)/b2-1+/t13-,15+,16+/m0/s1. The van der Waals surface area contributed by atoms with Gasteiger partial charge in [-0.05, 0) is 43.0 Å². The van der Waals surface area contributed by atoms with Crippen LogP contribution in [0, 0.1) is 11.5 Å². The van der Waals surface area contributed by atoms with Gasteiger partial charge >= 0.3 is 0 Å². The average molecular weight is 350 g/mol. The number of amides is 1. The maximum atomic E-state index is 12.1. The van der Waals surface area contributed by atoms with E-state index in [0.29, 0.717) is 16.1 Å². The lowest BCUT2D eigenvalue weighted by Gasteiger charge is -2.21. The van der Waals surface area contributed by atoms with E-state index in [-0.39, 0.29) is 24.4 Å². The lowest BCUT2D eigenvalue weighted by molar-refractivity contribution is -0.121. The van der Waals surface area contributed by atoms with Crippen LogP contribution in [0.1, 0.15) is 31.2 Å². The minimum atomic E-state index is -0.0326. The summed E-state index contributed by atoms with van der Waals surface area (Å²) in [5, 5.41) is 13.4. The molecule has 2 fully saturated rings. The first-order valence-electron chi connectivity index (χ1n) is 7.67. The van der Waals surface area contributed by atoms with E-state index in [1.165, 1.54) is 0 Å². The molecule has 2 saturated heterocycles. The number of nitrogens with zero attached hydrogens (tertiary/aromatic N) is 2. The number of benzene rings is 1. The van der Waals surface area contributed by atoms with Crippen LogP contribution in [0.5, 0.6) is 0 Å². The fraction of sp³-hybridized carbons (Fsp3) is 0.412. The van der Waals surface area contributed by atoms with Gasteiger partial charge in [0.15, 0.2) is 6.19 Å². The molecular formula is C17H17Cl2N3O. The van der Waals surface area contributed by atoms with Gasteiger partial charge in [-0.2, -0.15) is 5.26 Å². The fourth-order valence-corrected chi connectivity index (χ4v) is 3.86. The topological polar surface area (TPSA) is 56.1 Å². The number of fused-ring (bicyclic) bond motifs is 2. The van der Waals surface area contributed by atoms with Crippen molar-refractivity contribution in [1.29, 1.82) is 5.26 Å². The van der Waals surface area contributed by atoms with Crippen LogP contribution in [-0.4, -0.2) is 28.9 Å². The van der Waals surface area contributed by atoms with Crippen LogP contribution in [0.3, 0.4) is 0 Å². The van der Waals surface area contributed by atoms with Crippen LogP contribution >= 0.6 is 23.2 Å². The van der Waals surface area contributed by atoms with Gasteiger partial charge in [-0.25, -0.2) is 0 Å². The van der Waals surface area contributed by atoms with Crippen LogP contribution < -0.4 is 5.32 Å². The summed E-state index contributed by atoms with van der Waals surface area (Å²) in [6.45, 7) is 0. The molecule has 0 saturated carbocycles. The van der Waals surface area contributed by atoms with Gasteiger partial charge in [0.25, 0.3) is 0 Å². The van der Waals surface area contributed by atoms with E-state index in [1.54, 1.807) is 30.4 Å². The van der Waals surface area contributed by atoms with Crippen molar-refractivity contribution in [2.45, 2.75) is 43.8 Å². The largest absolute Gasteiger partial charge is 0.351 e. The Kier molecular flexibility index (Phi) is 4.79. The van der Waals surface area contributed by atoms with Gasteiger partial charge in [0.05, 0.1) is 12.1 Å². The minimum absolute atomic E-state index is 0.0326. The molecule has 2 aliphatic rings. The normalized spacial score (nSPS) is 25.8. The Morgan fingerprint density at radius 3 is 3.00 bits per heavy atom. The molecule has 0 aliphatic carbocycles. The van der Waals surface area contributed by atoms with Crippen molar-refractivity contribution in [3.63, 3.8) is 0 Å². The summed E-state index contributed by atoms with van der Waals surface area (Å²) in [7, 11) is 0. The molecule has 0 radical (unpaired) electrons. The van der Waals surface area contributed by atoms with Gasteiger partial charge < -0.3 is 10.2 Å². The first-order chi connectivity index (χ1) is 11.1. The summed E-state index contributed by atoms with van der Waals surface area (Å²) in [6.07, 6.45) is 9.01. The van der Waals surface area contributed by atoms with E-state index in [1.807, 2.05) is 4.90 Å². The Hall–Kier alpha value is -1.70. The smallest absolute Gasteiger partial charge is 0.224 e. The SMILES string of the molecule is N#CN1[C@H]2CC[C@@H]1[C@H](NC(=O)C/C=C/c1cc(Cl)ccc1Cl)C2.